The maximum Gasteiger partial charge on any atom is 0.257 e. The molecule has 1 aliphatic rings. The summed E-state index contributed by atoms with van der Waals surface area (Å²) in [5.41, 5.74) is 2.75. The van der Waals surface area contributed by atoms with Gasteiger partial charge in [-0.3, -0.25) is 4.68 Å². The zero-order valence-corrected chi connectivity index (χ0v) is 20.6. The molecule has 0 aromatic carbocycles. The first-order chi connectivity index (χ1) is 16.9. The summed E-state index contributed by atoms with van der Waals surface area (Å²) in [6, 6.07) is 2.33. The molecule has 180 valence electrons. The highest BCUT2D eigenvalue weighted by molar-refractivity contribution is 9.10. The average molecular weight is 563 g/mol. The van der Waals surface area contributed by atoms with Gasteiger partial charge < -0.3 is 9.88 Å². The summed E-state index contributed by atoms with van der Waals surface area (Å²) in [4.78, 5) is 17.4. The van der Waals surface area contributed by atoms with Crippen LogP contribution in [0.3, 0.4) is 0 Å². The lowest BCUT2D eigenvalue weighted by atomic mass is 9.91. The molecule has 0 bridgehead atoms. The van der Waals surface area contributed by atoms with Gasteiger partial charge in [0.05, 0.1) is 46.2 Å². The molecule has 4 aromatic heterocycles. The van der Waals surface area contributed by atoms with Gasteiger partial charge in [-0.1, -0.05) is 11.6 Å². The molecule has 1 aliphatic carbocycles. The summed E-state index contributed by atoms with van der Waals surface area (Å²) in [5, 5.41) is 17.2. The molecule has 0 aliphatic heterocycles. The number of fused-ring (bicyclic) bond motifs is 1. The van der Waals surface area contributed by atoms with E-state index >= 15 is 0 Å². The number of pyridine rings is 1. The first-order valence-electron chi connectivity index (χ1n) is 10.9. The molecule has 5 rings (SSSR count). The van der Waals surface area contributed by atoms with Crippen LogP contribution in [0.15, 0.2) is 35.6 Å². The van der Waals surface area contributed by atoms with Gasteiger partial charge >= 0.3 is 0 Å². The Hall–Kier alpha value is -3.17. The van der Waals surface area contributed by atoms with E-state index in [4.69, 9.17) is 11.6 Å². The summed E-state index contributed by atoms with van der Waals surface area (Å²) in [5.74, 6) is 0.371. The molecule has 1 fully saturated rings. The minimum Gasteiger partial charge on any atom is -0.351 e. The van der Waals surface area contributed by atoms with E-state index in [1.165, 1.54) is 18.6 Å². The summed E-state index contributed by atoms with van der Waals surface area (Å²) in [6.07, 6.45) is 8.97. The maximum absolute atomic E-state index is 12.7. The van der Waals surface area contributed by atoms with Gasteiger partial charge in [-0.05, 0) is 41.6 Å². The maximum atomic E-state index is 12.7. The van der Waals surface area contributed by atoms with Gasteiger partial charge in [0, 0.05) is 23.8 Å². The molecule has 0 saturated heterocycles. The summed E-state index contributed by atoms with van der Waals surface area (Å²) >= 11 is 9.75. The SMILES string of the molecule is N#Cc1cnc(N[C@@H]2CCC[C@H](n3cnc4cnc(Cl)c(Br)c43)C2)nc1-c1cnn(CC(F)F)c1. The van der Waals surface area contributed by atoms with E-state index in [-0.39, 0.29) is 17.6 Å². The van der Waals surface area contributed by atoms with Crippen LogP contribution in [0.2, 0.25) is 5.15 Å². The molecule has 35 heavy (non-hydrogen) atoms. The normalized spacial score (nSPS) is 18.2. The van der Waals surface area contributed by atoms with E-state index in [0.717, 1.165) is 45.9 Å². The highest BCUT2D eigenvalue weighted by Crippen LogP contribution is 2.36. The highest BCUT2D eigenvalue weighted by Gasteiger charge is 2.26. The van der Waals surface area contributed by atoms with E-state index < -0.39 is 13.0 Å². The number of halogens is 4. The number of imidazole rings is 1. The molecule has 13 heteroatoms. The molecule has 2 atom stereocenters. The van der Waals surface area contributed by atoms with Crippen LogP contribution in [-0.2, 0) is 6.54 Å². The number of nitriles is 1. The quantitative estimate of drug-likeness (QED) is 0.320. The molecule has 9 nitrogen and oxygen atoms in total. The van der Waals surface area contributed by atoms with Crippen LogP contribution in [-0.4, -0.2) is 46.8 Å². The fraction of sp³-hybridized carbons (Fsp3) is 0.364. The van der Waals surface area contributed by atoms with Gasteiger partial charge in [0.25, 0.3) is 6.43 Å². The molecule has 0 unspecified atom stereocenters. The second-order valence-electron chi connectivity index (χ2n) is 8.32. The summed E-state index contributed by atoms with van der Waals surface area (Å²) < 4.78 is 29.4. The lowest BCUT2D eigenvalue weighted by Gasteiger charge is -2.31. The lowest BCUT2D eigenvalue weighted by Crippen LogP contribution is -2.29. The Morgan fingerprint density at radius 3 is 2.89 bits per heavy atom. The largest absolute Gasteiger partial charge is 0.351 e. The molecule has 0 amide bonds. The number of aromatic nitrogens is 7. The van der Waals surface area contributed by atoms with Crippen molar-refractivity contribution in [3.63, 3.8) is 0 Å². The fourth-order valence-electron chi connectivity index (χ4n) is 4.46. The van der Waals surface area contributed by atoms with Crippen molar-refractivity contribution in [3.8, 4) is 17.3 Å². The molecular weight excluding hydrogens is 544 g/mol. The van der Waals surface area contributed by atoms with Crippen molar-refractivity contribution in [2.24, 2.45) is 0 Å². The smallest absolute Gasteiger partial charge is 0.257 e. The van der Waals surface area contributed by atoms with Crippen LogP contribution in [0, 0.1) is 11.3 Å². The molecule has 1 N–H and O–H groups in total. The Labute approximate surface area is 212 Å². The van der Waals surface area contributed by atoms with E-state index in [1.807, 2.05) is 6.33 Å². The molecule has 4 aromatic rings. The zero-order chi connectivity index (χ0) is 24.5. The average Bonchev–Trinajstić information content (AvgIpc) is 3.49. The van der Waals surface area contributed by atoms with Gasteiger partial charge in [0.1, 0.15) is 23.3 Å². The minimum atomic E-state index is -2.53. The number of nitrogens with one attached hydrogen (secondary N) is 1. The Morgan fingerprint density at radius 2 is 2.09 bits per heavy atom. The van der Waals surface area contributed by atoms with E-state index in [9.17, 15) is 14.0 Å². The monoisotopic (exact) mass is 561 g/mol. The Morgan fingerprint density at radius 1 is 1.23 bits per heavy atom. The van der Waals surface area contributed by atoms with E-state index in [0.29, 0.717) is 22.4 Å². The van der Waals surface area contributed by atoms with Crippen molar-refractivity contribution in [2.45, 2.75) is 50.7 Å². The number of nitrogens with zero attached hydrogens (tertiary/aromatic N) is 8. The first kappa shape index (κ1) is 23.6. The zero-order valence-electron chi connectivity index (χ0n) is 18.2. The van der Waals surface area contributed by atoms with Crippen molar-refractivity contribution in [1.29, 1.82) is 5.26 Å². The first-order valence-corrected chi connectivity index (χ1v) is 12.1. The summed E-state index contributed by atoms with van der Waals surface area (Å²) in [6.45, 7) is -0.526. The second-order valence-corrected chi connectivity index (χ2v) is 9.47. The molecule has 0 spiro atoms. The van der Waals surface area contributed by atoms with Crippen molar-refractivity contribution in [2.75, 3.05) is 5.32 Å². The van der Waals surface area contributed by atoms with Gasteiger partial charge in [0.2, 0.25) is 5.95 Å². The van der Waals surface area contributed by atoms with Crippen LogP contribution in [0.1, 0.15) is 37.3 Å². The molecule has 4 heterocycles. The standard InChI is InChI=1S/C22H19BrClF2N9/c23-18-20-16(8-28-21(18)24)30-11-35(20)15-3-1-2-14(4-15)32-22-29-6-12(5-27)19(33-22)13-7-31-34(9-13)10-17(25)26/h6-9,11,14-15,17H,1-4,10H2,(H,29,32,33)/t14-,15+/m1/s1. The van der Waals surface area contributed by atoms with E-state index in [1.54, 1.807) is 6.20 Å². The van der Waals surface area contributed by atoms with Crippen LogP contribution in [0.4, 0.5) is 14.7 Å². The topological polar surface area (TPSA) is 110 Å². The predicted octanol–water partition coefficient (Wildman–Crippen LogP) is 5.23. The van der Waals surface area contributed by atoms with Crippen LogP contribution < -0.4 is 5.32 Å². The third kappa shape index (κ3) is 4.83. The third-order valence-corrected chi connectivity index (χ3v) is 7.29. The van der Waals surface area contributed by atoms with Crippen molar-refractivity contribution in [1.82, 2.24) is 34.3 Å². The van der Waals surface area contributed by atoms with Gasteiger partial charge in [0.15, 0.2) is 0 Å². The second kappa shape index (κ2) is 9.83. The molecule has 1 saturated carbocycles. The summed E-state index contributed by atoms with van der Waals surface area (Å²) in [7, 11) is 0. The predicted molar refractivity (Wildman–Crippen MR) is 129 cm³/mol. The third-order valence-electron chi connectivity index (χ3n) is 6.03. The van der Waals surface area contributed by atoms with Gasteiger partial charge in [-0.15, -0.1) is 0 Å². The van der Waals surface area contributed by atoms with Gasteiger partial charge in [-0.2, -0.15) is 10.4 Å². The Kier molecular flexibility index (Phi) is 6.62. The van der Waals surface area contributed by atoms with Gasteiger partial charge in [-0.25, -0.2) is 28.7 Å². The highest BCUT2D eigenvalue weighted by atomic mass is 79.9. The minimum absolute atomic E-state index is 0.0876. The number of hydrogen-bond donors (Lipinski definition) is 1. The number of anilines is 1. The Bertz CT molecular complexity index is 1410. The number of alkyl halides is 2. The fourth-order valence-corrected chi connectivity index (χ4v) is 5.10. The van der Waals surface area contributed by atoms with Crippen LogP contribution in [0.25, 0.3) is 22.3 Å². The lowest BCUT2D eigenvalue weighted by molar-refractivity contribution is 0.122. The van der Waals surface area contributed by atoms with Crippen molar-refractivity contribution < 1.29 is 8.78 Å². The van der Waals surface area contributed by atoms with Crippen molar-refractivity contribution >= 4 is 44.5 Å². The van der Waals surface area contributed by atoms with Crippen LogP contribution >= 0.6 is 27.5 Å². The molecular formula is C22H19BrClF2N9. The van der Waals surface area contributed by atoms with Crippen molar-refractivity contribution in [3.05, 3.63) is 46.3 Å². The number of rotatable bonds is 6. The van der Waals surface area contributed by atoms with Crippen LogP contribution in [0.5, 0.6) is 0 Å². The number of hydrogen-bond acceptors (Lipinski definition) is 7. The van der Waals surface area contributed by atoms with E-state index in [2.05, 4.69) is 56.9 Å². The Balaban J connectivity index is 1.37. The molecule has 0 radical (unpaired) electrons.